The number of morpholine rings is 1. The van der Waals surface area contributed by atoms with Crippen molar-refractivity contribution in [3.63, 3.8) is 0 Å². The van der Waals surface area contributed by atoms with Gasteiger partial charge in [-0.1, -0.05) is 12.2 Å². The lowest BCUT2D eigenvalue weighted by atomic mass is 10.1. The molecule has 142 valence electrons. The third kappa shape index (κ3) is 3.07. The Bertz CT molecular complexity index is 1050. The summed E-state index contributed by atoms with van der Waals surface area (Å²) in [6.07, 6.45) is 7.93. The van der Waals surface area contributed by atoms with Gasteiger partial charge in [0.2, 0.25) is 0 Å². The molecule has 0 radical (unpaired) electrons. The third-order valence-electron chi connectivity index (χ3n) is 4.84. The maximum Gasteiger partial charge on any atom is 0.299 e. The van der Waals surface area contributed by atoms with Crippen LogP contribution in [-0.4, -0.2) is 47.8 Å². The van der Waals surface area contributed by atoms with Crippen LogP contribution >= 0.6 is 0 Å². The number of hydrogen-bond acceptors (Lipinski definition) is 8. The molecule has 2 N–H and O–H groups in total. The van der Waals surface area contributed by atoms with E-state index in [1.807, 2.05) is 30.4 Å². The number of fused-ring (bicyclic) bond motifs is 1. The van der Waals surface area contributed by atoms with Crippen molar-refractivity contribution in [2.45, 2.75) is 0 Å². The summed E-state index contributed by atoms with van der Waals surface area (Å²) in [5.74, 6) is 1.30. The van der Waals surface area contributed by atoms with Crippen LogP contribution in [0.3, 0.4) is 0 Å². The van der Waals surface area contributed by atoms with E-state index in [4.69, 9.17) is 19.9 Å². The van der Waals surface area contributed by atoms with Gasteiger partial charge in [0.25, 0.3) is 11.7 Å². The molecule has 5 rings (SSSR count). The van der Waals surface area contributed by atoms with Crippen LogP contribution in [0.15, 0.2) is 53.1 Å². The van der Waals surface area contributed by atoms with Crippen molar-refractivity contribution >= 4 is 34.6 Å². The fraction of sp³-hybridized carbons (Fsp3) is 0.250. The van der Waals surface area contributed by atoms with Crippen LogP contribution in [0.5, 0.6) is 0 Å². The number of rotatable bonds is 3. The molecule has 2 aliphatic rings. The van der Waals surface area contributed by atoms with Crippen LogP contribution in [-0.2, 0) is 4.74 Å². The van der Waals surface area contributed by atoms with E-state index in [9.17, 15) is 0 Å². The first-order valence-electron chi connectivity index (χ1n) is 9.24. The van der Waals surface area contributed by atoms with E-state index in [-0.39, 0.29) is 0 Å². The van der Waals surface area contributed by atoms with Gasteiger partial charge in [0.1, 0.15) is 17.2 Å². The Morgan fingerprint density at radius 1 is 1.04 bits per heavy atom. The molecule has 2 aliphatic heterocycles. The fourth-order valence-electron chi connectivity index (χ4n) is 3.38. The van der Waals surface area contributed by atoms with Gasteiger partial charge >= 0.3 is 0 Å². The van der Waals surface area contributed by atoms with Crippen molar-refractivity contribution in [1.29, 1.82) is 0 Å². The maximum absolute atomic E-state index is 5.95. The summed E-state index contributed by atoms with van der Waals surface area (Å²) in [5.41, 5.74) is 8.99. The summed E-state index contributed by atoms with van der Waals surface area (Å²) < 4.78 is 11.3. The predicted molar refractivity (Wildman–Crippen MR) is 108 cm³/mol. The Labute approximate surface area is 161 Å². The zero-order valence-corrected chi connectivity index (χ0v) is 15.3. The van der Waals surface area contributed by atoms with E-state index >= 15 is 0 Å². The number of nitrogen functional groups attached to an aromatic ring is 1. The third-order valence-corrected chi connectivity index (χ3v) is 4.84. The normalized spacial score (nSPS) is 17.2. The summed E-state index contributed by atoms with van der Waals surface area (Å²) in [4.78, 5) is 17.7. The van der Waals surface area contributed by atoms with Gasteiger partial charge in [-0.3, -0.25) is 0 Å². The summed E-state index contributed by atoms with van der Waals surface area (Å²) in [7, 11) is 0. The van der Waals surface area contributed by atoms with Gasteiger partial charge in [-0.05, 0) is 30.3 Å². The number of nitrogens with zero attached hydrogens (tertiary/aromatic N) is 5. The molecule has 1 saturated heterocycles. The number of anilines is 3. The molecular formula is C20H20N6O2. The van der Waals surface area contributed by atoms with Crippen LogP contribution in [0.25, 0.3) is 16.9 Å². The molecule has 0 atom stereocenters. The Morgan fingerprint density at radius 3 is 2.75 bits per heavy atom. The minimum absolute atomic E-state index is 0.499. The molecule has 1 fully saturated rings. The van der Waals surface area contributed by atoms with Gasteiger partial charge in [-0.25, -0.2) is 4.98 Å². The van der Waals surface area contributed by atoms with Crippen LogP contribution in [0.2, 0.25) is 0 Å². The number of pyridine rings is 2. The van der Waals surface area contributed by atoms with Gasteiger partial charge in [0.15, 0.2) is 0 Å². The molecule has 0 saturated carbocycles. The Balaban J connectivity index is 1.48. The van der Waals surface area contributed by atoms with Gasteiger partial charge in [-0.15, -0.1) is 0 Å². The highest BCUT2D eigenvalue weighted by molar-refractivity contribution is 5.82. The largest absolute Gasteiger partial charge is 0.404 e. The van der Waals surface area contributed by atoms with Crippen molar-refractivity contribution in [1.82, 2.24) is 15.0 Å². The minimum Gasteiger partial charge on any atom is -0.404 e. The molecule has 0 unspecified atom stereocenters. The van der Waals surface area contributed by atoms with Crippen molar-refractivity contribution < 1.29 is 9.15 Å². The SMILES string of the molecule is Nc1ccc(C2=CC=CCN2c2ccc3nc(N4CCOCC4)oc3n2)cn1. The van der Waals surface area contributed by atoms with Crippen LogP contribution in [0, 0.1) is 0 Å². The lowest BCUT2D eigenvalue weighted by molar-refractivity contribution is 0.120. The van der Waals surface area contributed by atoms with Crippen LogP contribution < -0.4 is 15.5 Å². The number of hydrogen-bond donors (Lipinski definition) is 1. The Hall–Kier alpha value is -3.39. The maximum atomic E-state index is 5.95. The Kier molecular flexibility index (Phi) is 4.17. The van der Waals surface area contributed by atoms with Crippen molar-refractivity contribution in [3.8, 4) is 0 Å². The lowest BCUT2D eigenvalue weighted by Crippen LogP contribution is -2.36. The second kappa shape index (κ2) is 6.97. The number of nitrogens with two attached hydrogens (primary N) is 1. The highest BCUT2D eigenvalue weighted by Crippen LogP contribution is 2.30. The molecule has 3 aromatic rings. The van der Waals surface area contributed by atoms with E-state index in [1.54, 1.807) is 12.3 Å². The number of allylic oxidation sites excluding steroid dienone is 2. The van der Waals surface area contributed by atoms with Crippen molar-refractivity contribution in [3.05, 3.63) is 54.3 Å². The molecule has 5 heterocycles. The molecule has 8 heteroatoms. The van der Waals surface area contributed by atoms with E-state index in [0.717, 1.165) is 35.7 Å². The fourth-order valence-corrected chi connectivity index (χ4v) is 3.38. The summed E-state index contributed by atoms with van der Waals surface area (Å²) >= 11 is 0. The summed E-state index contributed by atoms with van der Waals surface area (Å²) in [6.45, 7) is 3.61. The average molecular weight is 376 g/mol. The van der Waals surface area contributed by atoms with Gasteiger partial charge in [-0.2, -0.15) is 9.97 Å². The quantitative estimate of drug-likeness (QED) is 0.745. The van der Waals surface area contributed by atoms with Crippen LogP contribution in [0.4, 0.5) is 17.7 Å². The lowest BCUT2D eigenvalue weighted by Gasteiger charge is -2.27. The molecule has 0 aromatic carbocycles. The van der Waals surface area contributed by atoms with Gasteiger partial charge in [0.05, 0.1) is 18.9 Å². The van der Waals surface area contributed by atoms with Gasteiger partial charge < -0.3 is 24.7 Å². The van der Waals surface area contributed by atoms with Crippen molar-refractivity contribution in [2.24, 2.45) is 0 Å². The van der Waals surface area contributed by atoms with Crippen molar-refractivity contribution in [2.75, 3.05) is 48.4 Å². The zero-order chi connectivity index (χ0) is 18.9. The number of aromatic nitrogens is 3. The molecule has 0 spiro atoms. The minimum atomic E-state index is 0.499. The van der Waals surface area contributed by atoms with E-state index in [1.165, 1.54) is 0 Å². The molecule has 0 bridgehead atoms. The number of oxazole rings is 1. The van der Waals surface area contributed by atoms with E-state index < -0.39 is 0 Å². The summed E-state index contributed by atoms with van der Waals surface area (Å²) in [5, 5.41) is 0. The topological polar surface area (TPSA) is 93.5 Å². The second-order valence-electron chi connectivity index (χ2n) is 6.65. The summed E-state index contributed by atoms with van der Waals surface area (Å²) in [6, 6.07) is 8.27. The molecule has 0 amide bonds. The molecule has 3 aromatic heterocycles. The average Bonchev–Trinajstić information content (AvgIpc) is 3.18. The van der Waals surface area contributed by atoms with E-state index in [2.05, 4.69) is 25.8 Å². The molecule has 28 heavy (non-hydrogen) atoms. The second-order valence-corrected chi connectivity index (χ2v) is 6.65. The van der Waals surface area contributed by atoms with Crippen LogP contribution in [0.1, 0.15) is 5.56 Å². The Morgan fingerprint density at radius 2 is 1.93 bits per heavy atom. The first-order valence-corrected chi connectivity index (χ1v) is 9.24. The molecule has 0 aliphatic carbocycles. The van der Waals surface area contributed by atoms with E-state index in [0.29, 0.717) is 37.3 Å². The monoisotopic (exact) mass is 376 g/mol. The van der Waals surface area contributed by atoms with Gasteiger partial charge in [0, 0.05) is 31.4 Å². The smallest absolute Gasteiger partial charge is 0.299 e. The first-order chi connectivity index (χ1) is 13.8. The highest BCUT2D eigenvalue weighted by atomic mass is 16.5. The zero-order valence-electron chi connectivity index (χ0n) is 15.3. The number of ether oxygens (including phenoxy) is 1. The molecular weight excluding hydrogens is 356 g/mol. The standard InChI is InChI=1S/C20H20N6O2/c21-17-6-4-14(13-22-17)16-3-1-2-8-26(16)18-7-5-15-19(24-18)28-20(23-15)25-9-11-27-12-10-25/h1-7,13H,8-12H2,(H2,21,22). The molecule has 8 nitrogen and oxygen atoms in total. The first kappa shape index (κ1) is 16.8. The predicted octanol–water partition coefficient (Wildman–Crippen LogP) is 2.45. The highest BCUT2D eigenvalue weighted by Gasteiger charge is 2.20.